The Hall–Kier alpha value is -2.27. The van der Waals surface area contributed by atoms with Crippen LogP contribution in [0.1, 0.15) is 92.9 Å². The standard InChI is InChI=1S/C31H51N3O7S/c1-8-9-15-23(26(35)28(37)32-16-17-42(39,40)30(3,4)5)33-27(36)25-22-18-31(6,7)41-24(22)19-34(25)29(38)20(2)21-13-11-10-12-14-21/h8,20-25H,1,9-19H2,2-7H3,(H,32,37)(H,33,36)/t20-,22-,23-,24-,25-/m0/s1. The fraction of sp³-hybridized carbons (Fsp3) is 0.806. The summed E-state index contributed by atoms with van der Waals surface area (Å²) >= 11 is 0. The molecule has 238 valence electrons. The lowest BCUT2D eigenvalue weighted by atomic mass is 9.80. The highest BCUT2D eigenvalue weighted by atomic mass is 32.2. The smallest absolute Gasteiger partial charge is 0.289 e. The first kappa shape index (κ1) is 34.2. The Labute approximate surface area is 251 Å². The van der Waals surface area contributed by atoms with Crippen LogP contribution in [0.15, 0.2) is 12.7 Å². The quantitative estimate of drug-likeness (QED) is 0.256. The van der Waals surface area contributed by atoms with Crippen LogP contribution in [0.5, 0.6) is 0 Å². The maximum absolute atomic E-state index is 13.9. The average Bonchev–Trinajstić information content (AvgIpc) is 3.40. The number of carbonyl (C=O) groups excluding carboxylic acids is 4. The van der Waals surface area contributed by atoms with Crippen molar-refractivity contribution in [2.24, 2.45) is 17.8 Å². The number of amides is 3. The Morgan fingerprint density at radius 3 is 2.36 bits per heavy atom. The third-order valence-corrected chi connectivity index (χ3v) is 11.8. The van der Waals surface area contributed by atoms with Gasteiger partial charge in [0.2, 0.25) is 17.6 Å². The zero-order valence-corrected chi connectivity index (χ0v) is 27.1. The molecule has 10 nitrogen and oxygen atoms in total. The summed E-state index contributed by atoms with van der Waals surface area (Å²) in [5.41, 5.74) is -0.441. The first-order chi connectivity index (χ1) is 19.5. The number of hydrogen-bond donors (Lipinski definition) is 2. The van der Waals surface area contributed by atoms with Gasteiger partial charge >= 0.3 is 0 Å². The predicted octanol–water partition coefficient (Wildman–Crippen LogP) is 2.95. The van der Waals surface area contributed by atoms with Crippen molar-refractivity contribution in [3.8, 4) is 0 Å². The van der Waals surface area contributed by atoms with Crippen molar-refractivity contribution in [3.05, 3.63) is 12.7 Å². The number of fused-ring (bicyclic) bond motifs is 1. The molecule has 2 heterocycles. The molecule has 2 saturated heterocycles. The largest absolute Gasteiger partial charge is 0.370 e. The van der Waals surface area contributed by atoms with E-state index in [-0.39, 0.29) is 48.5 Å². The van der Waals surface area contributed by atoms with Gasteiger partial charge < -0.3 is 20.3 Å². The molecule has 0 aromatic carbocycles. The summed E-state index contributed by atoms with van der Waals surface area (Å²) in [7, 11) is -3.49. The number of rotatable bonds is 12. The minimum absolute atomic E-state index is 0.0652. The first-order valence-corrected chi connectivity index (χ1v) is 17.1. The number of nitrogens with zero attached hydrogens (tertiary/aromatic N) is 1. The molecule has 1 aliphatic carbocycles. The van der Waals surface area contributed by atoms with Gasteiger partial charge in [-0.2, -0.15) is 0 Å². The maximum atomic E-state index is 13.9. The van der Waals surface area contributed by atoms with Crippen LogP contribution < -0.4 is 10.6 Å². The molecule has 0 aromatic heterocycles. The molecule has 42 heavy (non-hydrogen) atoms. The zero-order valence-electron chi connectivity index (χ0n) is 26.2. The summed E-state index contributed by atoms with van der Waals surface area (Å²) in [4.78, 5) is 55.4. The lowest BCUT2D eigenvalue weighted by Gasteiger charge is -2.34. The van der Waals surface area contributed by atoms with Crippen molar-refractivity contribution in [2.45, 2.75) is 121 Å². The van der Waals surface area contributed by atoms with Crippen LogP contribution in [0.3, 0.4) is 0 Å². The van der Waals surface area contributed by atoms with E-state index < -0.39 is 49.9 Å². The van der Waals surface area contributed by atoms with Gasteiger partial charge in [-0.25, -0.2) is 8.42 Å². The van der Waals surface area contributed by atoms with Gasteiger partial charge in [-0.1, -0.05) is 32.3 Å². The van der Waals surface area contributed by atoms with E-state index in [9.17, 15) is 27.6 Å². The van der Waals surface area contributed by atoms with Crippen molar-refractivity contribution in [2.75, 3.05) is 18.8 Å². The van der Waals surface area contributed by atoms with E-state index in [2.05, 4.69) is 17.2 Å². The molecule has 0 aromatic rings. The minimum Gasteiger partial charge on any atom is -0.370 e. The summed E-state index contributed by atoms with van der Waals surface area (Å²) in [5.74, 6) is -2.83. The van der Waals surface area contributed by atoms with Gasteiger partial charge in [-0.3, -0.25) is 19.2 Å². The number of sulfone groups is 1. The molecule has 5 atom stereocenters. The highest BCUT2D eigenvalue weighted by Gasteiger charge is 2.56. The van der Waals surface area contributed by atoms with Crippen LogP contribution in [-0.2, 0) is 33.8 Å². The molecule has 3 amide bonds. The fourth-order valence-corrected chi connectivity index (χ4v) is 7.57. The Kier molecular flexibility index (Phi) is 11.1. The SMILES string of the molecule is C=CCC[C@H](NC(=O)[C@@H]1[C@H]2CC(C)(C)O[C@H]2CN1C(=O)[C@@H](C)C1CCCCC1)C(=O)C(=O)NCCS(=O)(=O)C(C)(C)C. The van der Waals surface area contributed by atoms with Crippen molar-refractivity contribution < 1.29 is 32.3 Å². The molecule has 3 rings (SSSR count). The molecule has 0 unspecified atom stereocenters. The van der Waals surface area contributed by atoms with Crippen LogP contribution in [-0.4, -0.2) is 84.2 Å². The van der Waals surface area contributed by atoms with E-state index in [1.54, 1.807) is 31.7 Å². The molecule has 0 spiro atoms. The fourth-order valence-electron chi connectivity index (χ4n) is 6.59. The highest BCUT2D eigenvalue weighted by molar-refractivity contribution is 7.92. The van der Waals surface area contributed by atoms with Gasteiger partial charge in [0, 0.05) is 24.9 Å². The summed E-state index contributed by atoms with van der Waals surface area (Å²) in [6.07, 6.45) is 7.81. The first-order valence-electron chi connectivity index (χ1n) is 15.4. The van der Waals surface area contributed by atoms with Crippen molar-refractivity contribution in [1.82, 2.24) is 15.5 Å². The zero-order chi connectivity index (χ0) is 31.5. The molecule has 11 heteroatoms. The van der Waals surface area contributed by atoms with Gasteiger partial charge in [-0.15, -0.1) is 6.58 Å². The number of carbonyl (C=O) groups is 4. The number of likely N-dealkylation sites (tertiary alicyclic amines) is 1. The predicted molar refractivity (Wildman–Crippen MR) is 161 cm³/mol. The summed E-state index contributed by atoms with van der Waals surface area (Å²) in [6.45, 7) is 14.4. The Morgan fingerprint density at radius 1 is 1.12 bits per heavy atom. The van der Waals surface area contributed by atoms with Crippen LogP contribution in [0.25, 0.3) is 0 Å². The number of hydrogen-bond acceptors (Lipinski definition) is 7. The van der Waals surface area contributed by atoms with E-state index in [4.69, 9.17) is 4.74 Å². The molecule has 2 aliphatic heterocycles. The van der Waals surface area contributed by atoms with Crippen molar-refractivity contribution in [3.63, 3.8) is 0 Å². The van der Waals surface area contributed by atoms with Gasteiger partial charge in [0.25, 0.3) is 5.91 Å². The second-order valence-corrected chi connectivity index (χ2v) is 16.7. The Balaban J connectivity index is 1.75. The normalized spacial score (nSPS) is 25.8. The highest BCUT2D eigenvalue weighted by Crippen LogP contribution is 2.44. The van der Waals surface area contributed by atoms with Crippen LogP contribution in [0.2, 0.25) is 0 Å². The molecular weight excluding hydrogens is 558 g/mol. The molecule has 3 aliphatic rings. The summed E-state index contributed by atoms with van der Waals surface area (Å²) in [6, 6.07) is -1.95. The lowest BCUT2D eigenvalue weighted by Crippen LogP contribution is -2.56. The van der Waals surface area contributed by atoms with E-state index in [1.165, 1.54) is 6.42 Å². The van der Waals surface area contributed by atoms with E-state index >= 15 is 0 Å². The second kappa shape index (κ2) is 13.6. The van der Waals surface area contributed by atoms with Gasteiger partial charge in [0.15, 0.2) is 9.84 Å². The van der Waals surface area contributed by atoms with Crippen molar-refractivity contribution >= 4 is 33.3 Å². The van der Waals surface area contributed by atoms with Crippen LogP contribution >= 0.6 is 0 Å². The molecule has 1 saturated carbocycles. The molecular formula is C31H51N3O7S. The second-order valence-electron chi connectivity index (χ2n) is 13.9. The number of ether oxygens (including phenoxy) is 1. The monoisotopic (exact) mass is 609 g/mol. The van der Waals surface area contributed by atoms with Gasteiger partial charge in [0.05, 0.1) is 28.2 Å². The van der Waals surface area contributed by atoms with Crippen LogP contribution in [0.4, 0.5) is 0 Å². The van der Waals surface area contributed by atoms with Crippen LogP contribution in [0, 0.1) is 17.8 Å². The molecule has 2 N–H and O–H groups in total. The van der Waals surface area contributed by atoms with E-state index in [0.717, 1.165) is 25.7 Å². The third kappa shape index (κ3) is 8.01. The minimum atomic E-state index is -3.49. The van der Waals surface area contributed by atoms with E-state index in [0.29, 0.717) is 19.4 Å². The average molecular weight is 610 g/mol. The van der Waals surface area contributed by atoms with Gasteiger partial charge in [-0.05, 0) is 72.6 Å². The number of Topliss-reactive ketones (excluding diaryl/α,β-unsaturated/α-hetero) is 1. The topological polar surface area (TPSA) is 139 Å². The number of nitrogens with one attached hydrogen (secondary N) is 2. The number of allylic oxidation sites excluding steroid dienone is 1. The lowest BCUT2D eigenvalue weighted by molar-refractivity contribution is -0.146. The number of ketones is 1. The molecule has 0 bridgehead atoms. The maximum Gasteiger partial charge on any atom is 0.289 e. The van der Waals surface area contributed by atoms with E-state index in [1.807, 2.05) is 20.8 Å². The Bertz CT molecular complexity index is 1140. The Morgan fingerprint density at radius 2 is 1.76 bits per heavy atom. The molecule has 0 radical (unpaired) electrons. The summed E-state index contributed by atoms with van der Waals surface area (Å²) < 4.78 is 30.0. The third-order valence-electron chi connectivity index (χ3n) is 9.20. The van der Waals surface area contributed by atoms with Crippen molar-refractivity contribution in [1.29, 1.82) is 0 Å². The summed E-state index contributed by atoms with van der Waals surface area (Å²) in [5, 5.41) is 5.19. The van der Waals surface area contributed by atoms with Gasteiger partial charge in [0.1, 0.15) is 6.04 Å². The molecule has 3 fully saturated rings.